The van der Waals surface area contributed by atoms with Gasteiger partial charge >= 0.3 is 6.18 Å². The topological polar surface area (TPSA) is 32.7 Å². The van der Waals surface area contributed by atoms with E-state index in [1.54, 1.807) is 0 Å². The van der Waals surface area contributed by atoms with Gasteiger partial charge in [-0.15, -0.1) is 0 Å². The first kappa shape index (κ1) is 20.6. The average molecular weight is 420 g/mol. The number of fused-ring (bicyclic) bond motifs is 1. The highest BCUT2D eigenvalue weighted by molar-refractivity contribution is 6.50. The molecule has 0 unspecified atom stereocenters. The van der Waals surface area contributed by atoms with Crippen molar-refractivity contribution in [3.05, 3.63) is 107 Å². The summed E-state index contributed by atoms with van der Waals surface area (Å²) in [5, 5.41) is 6.47. The number of nitrogens with zero attached hydrogens (tertiary/aromatic N) is 2. The molecule has 0 atom stereocenters. The van der Waals surface area contributed by atoms with Crippen molar-refractivity contribution >= 4 is 23.3 Å². The number of anilines is 1. The van der Waals surface area contributed by atoms with Crippen LogP contribution in [-0.2, 0) is 17.4 Å². The minimum Gasteiger partial charge on any atom is -0.287 e. The van der Waals surface area contributed by atoms with Crippen LogP contribution >= 0.6 is 0 Å². The van der Waals surface area contributed by atoms with Gasteiger partial charge in [0.2, 0.25) is 5.78 Å². The molecule has 0 aliphatic carbocycles. The van der Waals surface area contributed by atoms with Crippen LogP contribution in [0.25, 0.3) is 6.08 Å². The molecule has 3 nitrogen and oxygen atoms in total. The normalized spacial score (nSPS) is 14.2. The lowest BCUT2D eigenvalue weighted by Crippen LogP contribution is -2.21. The quantitative estimate of drug-likeness (QED) is 0.389. The number of para-hydroxylation sites is 1. The van der Waals surface area contributed by atoms with Crippen molar-refractivity contribution in [3.63, 3.8) is 0 Å². The molecule has 6 heteroatoms. The van der Waals surface area contributed by atoms with Crippen molar-refractivity contribution in [2.24, 2.45) is 5.10 Å². The highest BCUT2D eigenvalue weighted by Gasteiger charge is 2.29. The van der Waals surface area contributed by atoms with Gasteiger partial charge in [0.1, 0.15) is 5.71 Å². The van der Waals surface area contributed by atoms with Crippen molar-refractivity contribution in [2.75, 3.05) is 11.6 Å². The monoisotopic (exact) mass is 420 g/mol. The van der Waals surface area contributed by atoms with E-state index in [9.17, 15) is 18.0 Å². The zero-order chi connectivity index (χ0) is 21.8. The third-order valence-corrected chi connectivity index (χ3v) is 5.03. The first-order chi connectivity index (χ1) is 14.9. The second-order valence-electron chi connectivity index (χ2n) is 7.13. The second-order valence-corrected chi connectivity index (χ2v) is 7.13. The third-order valence-electron chi connectivity index (χ3n) is 5.03. The summed E-state index contributed by atoms with van der Waals surface area (Å²) >= 11 is 0. The van der Waals surface area contributed by atoms with Gasteiger partial charge < -0.3 is 0 Å². The predicted molar refractivity (Wildman–Crippen MR) is 116 cm³/mol. The number of hydrogen-bond acceptors (Lipinski definition) is 3. The van der Waals surface area contributed by atoms with E-state index in [1.165, 1.54) is 29.8 Å². The van der Waals surface area contributed by atoms with Gasteiger partial charge in [-0.05, 0) is 41.8 Å². The predicted octanol–water partition coefficient (Wildman–Crippen LogP) is 5.75. The van der Waals surface area contributed by atoms with Crippen LogP contribution in [0.1, 0.15) is 22.3 Å². The van der Waals surface area contributed by atoms with Gasteiger partial charge in [0.15, 0.2) is 0 Å². The van der Waals surface area contributed by atoms with Crippen LogP contribution in [0, 0.1) is 0 Å². The molecule has 0 amide bonds. The number of carbonyl (C=O) groups excluding carboxylic acids is 1. The fraction of sp³-hybridized carbons (Fsp3) is 0.120. The van der Waals surface area contributed by atoms with E-state index in [0.717, 1.165) is 24.2 Å². The van der Waals surface area contributed by atoms with Gasteiger partial charge in [0, 0.05) is 12.1 Å². The molecule has 0 spiro atoms. The minimum atomic E-state index is -4.39. The zero-order valence-corrected chi connectivity index (χ0v) is 16.5. The molecule has 0 saturated heterocycles. The summed E-state index contributed by atoms with van der Waals surface area (Å²) in [6.45, 7) is 0.672. The Balaban J connectivity index is 1.62. The fourth-order valence-electron chi connectivity index (χ4n) is 3.42. The lowest BCUT2D eigenvalue weighted by atomic mass is 10.0. The molecule has 3 aromatic carbocycles. The smallest absolute Gasteiger partial charge is 0.287 e. The standard InChI is InChI=1S/C25H19F3N2O/c26-25(27,28)21-13-10-18(11-14-21)12-15-23(31)24(20-7-2-1-3-8-20)29-30-17-16-19-6-4-5-9-22(19)30/h1-15H,16-17H2/b15-12+,29-24+. The van der Waals surface area contributed by atoms with E-state index in [1.807, 2.05) is 59.6 Å². The Morgan fingerprint density at radius 1 is 0.903 bits per heavy atom. The van der Waals surface area contributed by atoms with Gasteiger partial charge in [0.25, 0.3) is 0 Å². The summed E-state index contributed by atoms with van der Waals surface area (Å²) in [5.41, 5.74) is 2.87. The molecule has 1 heterocycles. The van der Waals surface area contributed by atoms with Crippen LogP contribution in [0.15, 0.2) is 90.0 Å². The lowest BCUT2D eigenvalue weighted by molar-refractivity contribution is -0.137. The zero-order valence-electron chi connectivity index (χ0n) is 16.5. The Labute approximate surface area is 178 Å². The Bertz CT molecular complexity index is 1130. The van der Waals surface area contributed by atoms with Crippen LogP contribution < -0.4 is 5.01 Å². The molecule has 156 valence electrons. The number of hydrogen-bond donors (Lipinski definition) is 0. The van der Waals surface area contributed by atoms with Crippen LogP contribution in [0.4, 0.5) is 18.9 Å². The third kappa shape index (κ3) is 4.74. The number of alkyl halides is 3. The van der Waals surface area contributed by atoms with Gasteiger partial charge in [0.05, 0.1) is 11.3 Å². The fourth-order valence-corrected chi connectivity index (χ4v) is 3.42. The van der Waals surface area contributed by atoms with Crippen molar-refractivity contribution in [1.82, 2.24) is 0 Å². The highest BCUT2D eigenvalue weighted by Crippen LogP contribution is 2.29. The highest BCUT2D eigenvalue weighted by atomic mass is 19.4. The van der Waals surface area contributed by atoms with E-state index in [0.29, 0.717) is 17.7 Å². The SMILES string of the molecule is O=C(/C=C/c1ccc(C(F)(F)F)cc1)/C(=N/N1CCc2ccccc21)c1ccccc1. The van der Waals surface area contributed by atoms with E-state index in [2.05, 4.69) is 5.10 Å². The Morgan fingerprint density at radius 3 is 2.29 bits per heavy atom. The van der Waals surface area contributed by atoms with Gasteiger partial charge in [-0.1, -0.05) is 66.7 Å². The summed E-state index contributed by atoms with van der Waals surface area (Å²) in [7, 11) is 0. The van der Waals surface area contributed by atoms with Crippen molar-refractivity contribution in [1.29, 1.82) is 0 Å². The van der Waals surface area contributed by atoms with Crippen molar-refractivity contribution in [2.45, 2.75) is 12.6 Å². The van der Waals surface area contributed by atoms with Crippen LogP contribution in [-0.4, -0.2) is 18.0 Å². The van der Waals surface area contributed by atoms with Gasteiger partial charge in [-0.25, -0.2) is 0 Å². The van der Waals surface area contributed by atoms with E-state index >= 15 is 0 Å². The van der Waals surface area contributed by atoms with Crippen LogP contribution in [0.3, 0.4) is 0 Å². The number of carbonyl (C=O) groups is 1. The molecular weight excluding hydrogens is 401 g/mol. The Kier molecular flexibility index (Phi) is 5.71. The lowest BCUT2D eigenvalue weighted by Gasteiger charge is -2.15. The molecule has 31 heavy (non-hydrogen) atoms. The van der Waals surface area contributed by atoms with E-state index < -0.39 is 11.7 Å². The molecule has 3 aromatic rings. The number of benzene rings is 3. The number of rotatable bonds is 5. The molecule has 0 bridgehead atoms. The van der Waals surface area contributed by atoms with E-state index in [-0.39, 0.29) is 11.5 Å². The van der Waals surface area contributed by atoms with E-state index in [4.69, 9.17) is 0 Å². The molecule has 4 rings (SSSR count). The number of allylic oxidation sites excluding steroid dienone is 1. The average Bonchev–Trinajstić information content (AvgIpc) is 3.19. The largest absolute Gasteiger partial charge is 0.416 e. The van der Waals surface area contributed by atoms with Gasteiger partial charge in [-0.2, -0.15) is 18.3 Å². The summed E-state index contributed by atoms with van der Waals surface area (Å²) < 4.78 is 38.2. The summed E-state index contributed by atoms with van der Waals surface area (Å²) in [6.07, 6.45) is -0.705. The minimum absolute atomic E-state index is 0.278. The molecule has 0 radical (unpaired) electrons. The second kappa shape index (κ2) is 8.60. The number of ketones is 1. The molecule has 0 fully saturated rings. The summed E-state index contributed by atoms with van der Waals surface area (Å²) in [5.74, 6) is -0.324. The molecule has 0 aromatic heterocycles. The summed E-state index contributed by atoms with van der Waals surface area (Å²) in [4.78, 5) is 13.0. The first-order valence-corrected chi connectivity index (χ1v) is 9.81. The molecular formula is C25H19F3N2O. The molecule has 1 aliphatic rings. The van der Waals surface area contributed by atoms with Gasteiger partial charge in [-0.3, -0.25) is 9.80 Å². The molecule has 0 N–H and O–H groups in total. The Morgan fingerprint density at radius 2 is 1.58 bits per heavy atom. The van der Waals surface area contributed by atoms with Crippen LogP contribution in [0.2, 0.25) is 0 Å². The Hall–Kier alpha value is -3.67. The number of halogens is 3. The molecule has 0 saturated carbocycles. The maximum Gasteiger partial charge on any atom is 0.416 e. The molecule has 1 aliphatic heterocycles. The van der Waals surface area contributed by atoms with Crippen LogP contribution in [0.5, 0.6) is 0 Å². The van der Waals surface area contributed by atoms with Crippen molar-refractivity contribution in [3.8, 4) is 0 Å². The summed E-state index contributed by atoms with van der Waals surface area (Å²) in [6, 6.07) is 21.7. The first-order valence-electron chi connectivity index (χ1n) is 9.81. The van der Waals surface area contributed by atoms with Crippen molar-refractivity contribution < 1.29 is 18.0 Å². The number of hydrazone groups is 1. The maximum atomic E-state index is 13.0. The maximum absolute atomic E-state index is 13.0.